The number of nitrogens with zero attached hydrogens (tertiary/aromatic N) is 2. The first-order valence-electron chi connectivity index (χ1n) is 4.20. The Hall–Kier alpha value is -1.44. The van der Waals surface area contributed by atoms with E-state index in [-0.39, 0.29) is 0 Å². The Balaban J connectivity index is 3.31. The maximum Gasteiger partial charge on any atom is 0.0712 e. The summed E-state index contributed by atoms with van der Waals surface area (Å²) in [5.74, 6) is 0. The Morgan fingerprint density at radius 3 is 2.62 bits per heavy atom. The predicted molar refractivity (Wildman–Crippen MR) is 58.5 cm³/mol. The van der Waals surface area contributed by atoms with Crippen molar-refractivity contribution in [2.24, 2.45) is 9.98 Å². The van der Waals surface area contributed by atoms with Crippen molar-refractivity contribution in [2.75, 3.05) is 7.05 Å². The van der Waals surface area contributed by atoms with Crippen LogP contribution in [0.15, 0.2) is 28.2 Å². The lowest BCUT2D eigenvalue weighted by atomic mass is 10.1. The lowest BCUT2D eigenvalue weighted by molar-refractivity contribution is 1.37. The molecule has 0 atom stereocenters. The minimum Gasteiger partial charge on any atom is -0.293 e. The fourth-order valence-corrected chi connectivity index (χ4v) is 1.20. The topological polar surface area (TPSA) is 24.7 Å². The molecule has 0 amide bonds. The molecular weight excluding hydrogens is 160 g/mol. The van der Waals surface area contributed by atoms with Crippen LogP contribution in [-0.4, -0.2) is 19.5 Å². The minimum absolute atomic E-state index is 0.897. The SMILES string of the molecule is C=Nc1ccc(C)cc1C(C)=NC. The molecule has 0 heterocycles. The summed E-state index contributed by atoms with van der Waals surface area (Å²) < 4.78 is 0. The Morgan fingerprint density at radius 2 is 2.08 bits per heavy atom. The second kappa shape index (κ2) is 3.99. The Bertz CT molecular complexity index is 351. The van der Waals surface area contributed by atoms with Crippen molar-refractivity contribution >= 4 is 18.1 Å². The van der Waals surface area contributed by atoms with Crippen LogP contribution in [0.2, 0.25) is 0 Å². The van der Waals surface area contributed by atoms with Gasteiger partial charge in [0.1, 0.15) is 0 Å². The van der Waals surface area contributed by atoms with Crippen molar-refractivity contribution in [3.8, 4) is 0 Å². The Labute approximate surface area is 79.0 Å². The molecule has 0 saturated heterocycles. The van der Waals surface area contributed by atoms with E-state index < -0.39 is 0 Å². The van der Waals surface area contributed by atoms with E-state index in [0.717, 1.165) is 17.0 Å². The van der Waals surface area contributed by atoms with E-state index in [1.54, 1.807) is 7.05 Å². The maximum absolute atomic E-state index is 4.14. The van der Waals surface area contributed by atoms with Crippen molar-refractivity contribution < 1.29 is 0 Å². The zero-order valence-electron chi connectivity index (χ0n) is 8.33. The molecular formula is C11H14N2. The van der Waals surface area contributed by atoms with Crippen LogP contribution in [0, 0.1) is 6.92 Å². The summed E-state index contributed by atoms with van der Waals surface area (Å²) in [7, 11) is 1.78. The predicted octanol–water partition coefficient (Wildman–Crippen LogP) is 2.77. The van der Waals surface area contributed by atoms with Gasteiger partial charge in [0, 0.05) is 18.3 Å². The van der Waals surface area contributed by atoms with E-state index in [0.29, 0.717) is 0 Å². The molecule has 0 spiro atoms. The molecule has 13 heavy (non-hydrogen) atoms. The zero-order valence-corrected chi connectivity index (χ0v) is 8.33. The third-order valence-electron chi connectivity index (χ3n) is 2.05. The monoisotopic (exact) mass is 174 g/mol. The smallest absolute Gasteiger partial charge is 0.0712 e. The number of hydrogen-bond acceptors (Lipinski definition) is 2. The van der Waals surface area contributed by atoms with Crippen LogP contribution in [0.3, 0.4) is 0 Å². The van der Waals surface area contributed by atoms with Gasteiger partial charge in [-0.2, -0.15) is 0 Å². The molecule has 0 radical (unpaired) electrons. The van der Waals surface area contributed by atoms with Crippen LogP contribution in [0.1, 0.15) is 18.1 Å². The van der Waals surface area contributed by atoms with Crippen LogP contribution in [0.5, 0.6) is 0 Å². The summed E-state index contributed by atoms with van der Waals surface area (Å²) in [6.07, 6.45) is 0. The van der Waals surface area contributed by atoms with Gasteiger partial charge in [-0.25, -0.2) is 0 Å². The third kappa shape index (κ3) is 2.02. The molecule has 2 heteroatoms. The number of aryl methyl sites for hydroxylation is 1. The van der Waals surface area contributed by atoms with E-state index in [1.807, 2.05) is 19.1 Å². The summed E-state index contributed by atoms with van der Waals surface area (Å²) in [5.41, 5.74) is 4.17. The summed E-state index contributed by atoms with van der Waals surface area (Å²) in [5, 5.41) is 0. The van der Waals surface area contributed by atoms with Crippen molar-refractivity contribution in [1.82, 2.24) is 0 Å². The van der Waals surface area contributed by atoms with Crippen LogP contribution in [0.4, 0.5) is 5.69 Å². The molecule has 68 valence electrons. The Morgan fingerprint density at radius 1 is 1.38 bits per heavy atom. The average Bonchev–Trinajstić information content (AvgIpc) is 2.16. The average molecular weight is 174 g/mol. The molecule has 0 fully saturated rings. The minimum atomic E-state index is 0.897. The van der Waals surface area contributed by atoms with Gasteiger partial charge in [-0.05, 0) is 32.7 Å². The molecule has 0 N–H and O–H groups in total. The van der Waals surface area contributed by atoms with Gasteiger partial charge in [-0.1, -0.05) is 11.6 Å². The lowest BCUT2D eigenvalue weighted by Crippen LogP contribution is -1.95. The zero-order chi connectivity index (χ0) is 9.84. The molecule has 1 rings (SSSR count). The molecule has 2 nitrogen and oxygen atoms in total. The summed E-state index contributed by atoms with van der Waals surface area (Å²) >= 11 is 0. The van der Waals surface area contributed by atoms with Crippen molar-refractivity contribution in [3.63, 3.8) is 0 Å². The number of benzene rings is 1. The second-order valence-corrected chi connectivity index (χ2v) is 2.99. The maximum atomic E-state index is 4.14. The van der Waals surface area contributed by atoms with Crippen LogP contribution in [0.25, 0.3) is 0 Å². The Kier molecular flexibility index (Phi) is 2.96. The largest absolute Gasteiger partial charge is 0.293 e. The molecule has 0 aliphatic heterocycles. The van der Waals surface area contributed by atoms with Gasteiger partial charge in [0.05, 0.1) is 5.69 Å². The van der Waals surface area contributed by atoms with Crippen molar-refractivity contribution in [2.45, 2.75) is 13.8 Å². The summed E-state index contributed by atoms with van der Waals surface area (Å²) in [6, 6.07) is 6.06. The molecule has 0 saturated carbocycles. The summed E-state index contributed by atoms with van der Waals surface area (Å²) in [4.78, 5) is 8.09. The van der Waals surface area contributed by atoms with Gasteiger partial charge >= 0.3 is 0 Å². The molecule has 1 aromatic carbocycles. The van der Waals surface area contributed by atoms with Crippen LogP contribution in [-0.2, 0) is 0 Å². The highest BCUT2D eigenvalue weighted by Gasteiger charge is 2.02. The molecule has 0 aliphatic carbocycles. The first kappa shape index (κ1) is 9.65. The van der Waals surface area contributed by atoms with E-state index in [1.165, 1.54) is 5.56 Å². The fourth-order valence-electron chi connectivity index (χ4n) is 1.20. The van der Waals surface area contributed by atoms with Crippen LogP contribution >= 0.6 is 0 Å². The molecule has 0 aliphatic rings. The van der Waals surface area contributed by atoms with E-state index >= 15 is 0 Å². The second-order valence-electron chi connectivity index (χ2n) is 2.99. The molecule has 0 bridgehead atoms. The number of aliphatic imine (C=N–C) groups is 2. The standard InChI is InChI=1S/C11H14N2/c1-8-5-6-11(13-4)10(7-8)9(2)12-3/h5-7H,4H2,1-3H3. The van der Waals surface area contributed by atoms with Gasteiger partial charge in [0.2, 0.25) is 0 Å². The van der Waals surface area contributed by atoms with E-state index in [9.17, 15) is 0 Å². The number of rotatable bonds is 2. The normalized spacial score (nSPS) is 11.5. The van der Waals surface area contributed by atoms with Gasteiger partial charge in [-0.15, -0.1) is 0 Å². The van der Waals surface area contributed by atoms with Gasteiger partial charge in [0.15, 0.2) is 0 Å². The first-order chi connectivity index (χ1) is 6.19. The molecule has 0 aromatic heterocycles. The van der Waals surface area contributed by atoms with Crippen LogP contribution < -0.4 is 0 Å². The highest BCUT2D eigenvalue weighted by molar-refractivity contribution is 6.03. The molecule has 1 aromatic rings. The fraction of sp³-hybridized carbons (Fsp3) is 0.273. The first-order valence-corrected chi connectivity index (χ1v) is 4.20. The number of hydrogen-bond donors (Lipinski definition) is 0. The quantitative estimate of drug-likeness (QED) is 0.616. The summed E-state index contributed by atoms with van der Waals surface area (Å²) in [6.45, 7) is 7.56. The van der Waals surface area contributed by atoms with E-state index in [2.05, 4.69) is 29.7 Å². The lowest BCUT2D eigenvalue weighted by Gasteiger charge is -2.05. The van der Waals surface area contributed by atoms with E-state index in [4.69, 9.17) is 0 Å². The van der Waals surface area contributed by atoms with Gasteiger partial charge in [-0.3, -0.25) is 9.98 Å². The highest BCUT2D eigenvalue weighted by Crippen LogP contribution is 2.20. The van der Waals surface area contributed by atoms with Gasteiger partial charge in [0.25, 0.3) is 0 Å². The van der Waals surface area contributed by atoms with Crippen molar-refractivity contribution in [1.29, 1.82) is 0 Å². The molecule has 0 unspecified atom stereocenters. The third-order valence-corrected chi connectivity index (χ3v) is 2.05. The highest BCUT2D eigenvalue weighted by atomic mass is 14.7. The van der Waals surface area contributed by atoms with Gasteiger partial charge < -0.3 is 0 Å². The van der Waals surface area contributed by atoms with Crippen molar-refractivity contribution in [3.05, 3.63) is 29.3 Å².